The van der Waals surface area contributed by atoms with Crippen molar-refractivity contribution in [2.75, 3.05) is 23.3 Å². The first-order valence-electron chi connectivity index (χ1n) is 6.83. The van der Waals surface area contributed by atoms with Gasteiger partial charge in [0.05, 0.1) is 6.54 Å². The van der Waals surface area contributed by atoms with Gasteiger partial charge in [-0.3, -0.25) is 0 Å². The predicted octanol–water partition coefficient (Wildman–Crippen LogP) is 4.67. The van der Waals surface area contributed by atoms with E-state index in [1.165, 1.54) is 10.4 Å². The Kier molecular flexibility index (Phi) is 5.43. The maximum Gasteiger partial charge on any atom is 0.185 e. The molecule has 0 saturated carbocycles. The van der Waals surface area contributed by atoms with E-state index in [0.717, 1.165) is 34.9 Å². The molecule has 3 nitrogen and oxygen atoms in total. The van der Waals surface area contributed by atoms with E-state index in [1.54, 1.807) is 11.3 Å². The van der Waals surface area contributed by atoms with Crippen LogP contribution in [0.25, 0.3) is 0 Å². The minimum absolute atomic E-state index is 0.819. The Hall–Kier alpha value is -1.07. The summed E-state index contributed by atoms with van der Waals surface area (Å²) in [6.07, 6.45) is 1.97. The molecule has 1 N–H and O–H groups in total. The molecule has 0 radical (unpaired) electrons. The van der Waals surface area contributed by atoms with Crippen LogP contribution in [-0.4, -0.2) is 18.1 Å². The summed E-state index contributed by atoms with van der Waals surface area (Å²) in [6.45, 7) is 9.24. The third-order valence-corrected chi connectivity index (χ3v) is 5.15. The number of aromatic nitrogens is 1. The van der Waals surface area contributed by atoms with Crippen LogP contribution in [0.3, 0.4) is 0 Å². The summed E-state index contributed by atoms with van der Waals surface area (Å²) in [4.78, 5) is 8.03. The number of nitrogens with zero attached hydrogens (tertiary/aromatic N) is 2. The standard InChI is InChI=1S/C15H20BrN3S/c1-4-19(5-2)15-18-10-13(20-15)9-17-12-6-7-14(16)11(3)8-12/h6-8,10,17H,4-5,9H2,1-3H3. The fourth-order valence-corrected chi connectivity index (χ4v) is 3.19. The molecule has 0 aliphatic rings. The third kappa shape index (κ3) is 3.73. The highest BCUT2D eigenvalue weighted by Crippen LogP contribution is 2.24. The summed E-state index contributed by atoms with van der Waals surface area (Å²) in [5, 5.41) is 4.56. The molecule has 2 aromatic rings. The summed E-state index contributed by atoms with van der Waals surface area (Å²) < 4.78 is 1.14. The summed E-state index contributed by atoms with van der Waals surface area (Å²) >= 11 is 5.28. The van der Waals surface area contributed by atoms with E-state index in [1.807, 2.05) is 6.20 Å². The van der Waals surface area contributed by atoms with Crippen molar-refractivity contribution in [1.29, 1.82) is 0 Å². The van der Waals surface area contributed by atoms with Gasteiger partial charge < -0.3 is 10.2 Å². The molecule has 0 saturated heterocycles. The highest BCUT2D eigenvalue weighted by atomic mass is 79.9. The van der Waals surface area contributed by atoms with Crippen LogP contribution >= 0.6 is 27.3 Å². The molecule has 0 aliphatic carbocycles. The van der Waals surface area contributed by atoms with Crippen molar-refractivity contribution in [3.8, 4) is 0 Å². The van der Waals surface area contributed by atoms with Gasteiger partial charge in [0.15, 0.2) is 5.13 Å². The first-order chi connectivity index (χ1) is 9.63. The lowest BCUT2D eigenvalue weighted by atomic mass is 10.2. The number of aryl methyl sites for hydroxylation is 1. The molecule has 5 heteroatoms. The molecule has 1 aromatic heterocycles. The molecule has 0 bridgehead atoms. The van der Waals surface area contributed by atoms with E-state index in [4.69, 9.17) is 0 Å². The van der Waals surface area contributed by atoms with E-state index in [9.17, 15) is 0 Å². The van der Waals surface area contributed by atoms with E-state index in [-0.39, 0.29) is 0 Å². The van der Waals surface area contributed by atoms with Gasteiger partial charge in [0.1, 0.15) is 0 Å². The number of hydrogen-bond donors (Lipinski definition) is 1. The van der Waals surface area contributed by atoms with Crippen LogP contribution in [0.5, 0.6) is 0 Å². The Morgan fingerprint density at radius 2 is 2.05 bits per heavy atom. The van der Waals surface area contributed by atoms with Gasteiger partial charge in [-0.15, -0.1) is 11.3 Å². The van der Waals surface area contributed by atoms with Crippen molar-refractivity contribution in [3.05, 3.63) is 39.3 Å². The highest BCUT2D eigenvalue weighted by Gasteiger charge is 2.07. The number of benzene rings is 1. The second-order valence-electron chi connectivity index (χ2n) is 4.60. The zero-order valence-electron chi connectivity index (χ0n) is 12.1. The third-order valence-electron chi connectivity index (χ3n) is 3.20. The smallest absolute Gasteiger partial charge is 0.185 e. The van der Waals surface area contributed by atoms with Gasteiger partial charge in [0.2, 0.25) is 0 Å². The van der Waals surface area contributed by atoms with Gasteiger partial charge in [-0.25, -0.2) is 4.98 Å². The number of hydrogen-bond acceptors (Lipinski definition) is 4. The lowest BCUT2D eigenvalue weighted by molar-refractivity contribution is 0.860. The summed E-state index contributed by atoms with van der Waals surface area (Å²) in [5.41, 5.74) is 2.38. The lowest BCUT2D eigenvalue weighted by Gasteiger charge is -2.16. The summed E-state index contributed by atoms with van der Waals surface area (Å²) in [6, 6.07) is 6.31. The van der Waals surface area contributed by atoms with Crippen molar-refractivity contribution in [2.45, 2.75) is 27.3 Å². The van der Waals surface area contributed by atoms with Crippen LogP contribution in [0.2, 0.25) is 0 Å². The van der Waals surface area contributed by atoms with Crippen LogP contribution in [0.4, 0.5) is 10.8 Å². The minimum atomic E-state index is 0.819. The molecule has 0 fully saturated rings. The molecular formula is C15H20BrN3S. The monoisotopic (exact) mass is 353 g/mol. The van der Waals surface area contributed by atoms with E-state index < -0.39 is 0 Å². The van der Waals surface area contributed by atoms with Crippen molar-refractivity contribution in [2.24, 2.45) is 0 Å². The number of thiazole rings is 1. The molecule has 0 atom stereocenters. The van der Waals surface area contributed by atoms with Crippen molar-refractivity contribution in [3.63, 3.8) is 0 Å². The number of anilines is 2. The van der Waals surface area contributed by atoms with Gasteiger partial charge in [0, 0.05) is 34.3 Å². The van der Waals surface area contributed by atoms with Gasteiger partial charge in [-0.1, -0.05) is 15.9 Å². The zero-order chi connectivity index (χ0) is 14.5. The molecule has 1 heterocycles. The van der Waals surface area contributed by atoms with Crippen LogP contribution in [0, 0.1) is 6.92 Å². The second kappa shape index (κ2) is 7.09. The quantitative estimate of drug-likeness (QED) is 0.817. The molecule has 108 valence electrons. The minimum Gasteiger partial charge on any atom is -0.380 e. The predicted molar refractivity (Wildman–Crippen MR) is 91.9 cm³/mol. The van der Waals surface area contributed by atoms with Crippen LogP contribution in [0.1, 0.15) is 24.3 Å². The largest absolute Gasteiger partial charge is 0.380 e. The molecule has 20 heavy (non-hydrogen) atoms. The molecular weight excluding hydrogens is 334 g/mol. The SMILES string of the molecule is CCN(CC)c1ncc(CNc2ccc(Br)c(C)c2)s1. The molecule has 0 spiro atoms. The van der Waals surface area contributed by atoms with Crippen molar-refractivity contribution in [1.82, 2.24) is 4.98 Å². The van der Waals surface area contributed by atoms with E-state index in [2.05, 4.69) is 70.1 Å². The van der Waals surface area contributed by atoms with Gasteiger partial charge in [-0.2, -0.15) is 0 Å². The molecule has 0 unspecified atom stereocenters. The number of nitrogens with one attached hydrogen (secondary N) is 1. The topological polar surface area (TPSA) is 28.2 Å². The average Bonchev–Trinajstić information content (AvgIpc) is 2.90. The van der Waals surface area contributed by atoms with E-state index in [0.29, 0.717) is 0 Å². The van der Waals surface area contributed by atoms with Crippen LogP contribution in [0.15, 0.2) is 28.9 Å². The van der Waals surface area contributed by atoms with Gasteiger partial charge in [0.25, 0.3) is 0 Å². The van der Waals surface area contributed by atoms with Gasteiger partial charge in [-0.05, 0) is 44.5 Å². The number of halogens is 1. The Morgan fingerprint density at radius 3 is 2.70 bits per heavy atom. The average molecular weight is 354 g/mol. The molecule has 1 aromatic carbocycles. The Bertz CT molecular complexity index is 564. The van der Waals surface area contributed by atoms with Crippen LogP contribution in [-0.2, 0) is 6.54 Å². The normalized spacial score (nSPS) is 10.6. The number of rotatable bonds is 6. The van der Waals surface area contributed by atoms with Crippen molar-refractivity contribution < 1.29 is 0 Å². The maximum atomic E-state index is 4.50. The first-order valence-corrected chi connectivity index (χ1v) is 8.44. The van der Waals surface area contributed by atoms with Crippen molar-refractivity contribution >= 4 is 38.1 Å². The molecule has 0 amide bonds. The maximum absolute atomic E-state index is 4.50. The Labute approximate surface area is 133 Å². The van der Waals surface area contributed by atoms with Crippen LogP contribution < -0.4 is 10.2 Å². The first kappa shape index (κ1) is 15.3. The second-order valence-corrected chi connectivity index (χ2v) is 6.55. The fraction of sp³-hybridized carbons (Fsp3) is 0.400. The molecule has 0 aliphatic heterocycles. The Morgan fingerprint density at radius 1 is 1.30 bits per heavy atom. The Balaban J connectivity index is 1.98. The zero-order valence-corrected chi connectivity index (χ0v) is 14.5. The molecule has 2 rings (SSSR count). The summed E-state index contributed by atoms with van der Waals surface area (Å²) in [7, 11) is 0. The summed E-state index contributed by atoms with van der Waals surface area (Å²) in [5.74, 6) is 0. The van der Waals surface area contributed by atoms with E-state index >= 15 is 0 Å². The fourth-order valence-electron chi connectivity index (χ4n) is 1.96. The highest BCUT2D eigenvalue weighted by molar-refractivity contribution is 9.10. The lowest BCUT2D eigenvalue weighted by Crippen LogP contribution is -2.21. The van der Waals surface area contributed by atoms with Gasteiger partial charge >= 0.3 is 0 Å².